The number of anilines is 1. The fraction of sp³-hybridized carbons (Fsp3) is 0.304. The third-order valence-corrected chi connectivity index (χ3v) is 5.61. The number of carbonyl (C=O) groups excluding carboxylic acids is 1. The Hall–Kier alpha value is -3.26. The Balaban J connectivity index is 1.40. The summed E-state index contributed by atoms with van der Waals surface area (Å²) in [5.41, 5.74) is 0.546. The highest BCUT2D eigenvalue weighted by Gasteiger charge is 2.25. The first kappa shape index (κ1) is 21.0. The first-order valence-electron chi connectivity index (χ1n) is 10.2. The van der Waals surface area contributed by atoms with E-state index in [1.165, 1.54) is 25.3 Å². The number of nitrogens with one attached hydrogen (secondary N) is 1. The van der Waals surface area contributed by atoms with Gasteiger partial charge in [-0.25, -0.2) is 13.5 Å². The molecule has 0 bridgehead atoms. The maximum absolute atomic E-state index is 13.9. The molecule has 1 saturated heterocycles. The van der Waals surface area contributed by atoms with Gasteiger partial charge in [0.1, 0.15) is 23.2 Å². The van der Waals surface area contributed by atoms with Crippen molar-refractivity contribution in [1.29, 1.82) is 0 Å². The van der Waals surface area contributed by atoms with Gasteiger partial charge >= 0.3 is 0 Å². The fourth-order valence-electron chi connectivity index (χ4n) is 3.95. The Morgan fingerprint density at radius 2 is 1.81 bits per heavy atom. The SMILES string of the molecule is COc1ccccc1C(=O)Nc1ccnn1C1CCN(Cc2c(F)cccc2F)CC1. The van der Waals surface area contributed by atoms with Crippen LogP contribution in [0.5, 0.6) is 5.75 Å². The van der Waals surface area contributed by atoms with Crippen LogP contribution in [-0.4, -0.2) is 40.8 Å². The molecule has 8 heteroatoms. The molecule has 2 aromatic carbocycles. The zero-order valence-electron chi connectivity index (χ0n) is 17.2. The Bertz CT molecular complexity index is 1040. The first-order valence-corrected chi connectivity index (χ1v) is 10.2. The van der Waals surface area contributed by atoms with Crippen molar-refractivity contribution in [1.82, 2.24) is 14.7 Å². The number of para-hydroxylation sites is 1. The van der Waals surface area contributed by atoms with E-state index in [2.05, 4.69) is 10.4 Å². The number of nitrogens with zero attached hydrogens (tertiary/aromatic N) is 3. The van der Waals surface area contributed by atoms with Crippen molar-refractivity contribution in [2.24, 2.45) is 0 Å². The van der Waals surface area contributed by atoms with Crippen LogP contribution in [0.2, 0.25) is 0 Å². The second kappa shape index (κ2) is 9.26. The molecular weight excluding hydrogens is 402 g/mol. The topological polar surface area (TPSA) is 59.4 Å². The normalized spacial score (nSPS) is 15.1. The minimum absolute atomic E-state index is 0.0877. The summed E-state index contributed by atoms with van der Waals surface area (Å²) in [6.45, 7) is 1.60. The third kappa shape index (κ3) is 4.59. The highest BCUT2D eigenvalue weighted by molar-refractivity contribution is 6.05. The van der Waals surface area contributed by atoms with Crippen LogP contribution < -0.4 is 10.1 Å². The summed E-state index contributed by atoms with van der Waals surface area (Å²) in [4.78, 5) is 14.8. The number of piperidine rings is 1. The number of hydrogen-bond donors (Lipinski definition) is 1. The molecule has 1 N–H and O–H groups in total. The summed E-state index contributed by atoms with van der Waals surface area (Å²) in [5, 5.41) is 7.31. The molecule has 0 saturated carbocycles. The molecule has 0 aliphatic carbocycles. The number of aromatic nitrogens is 2. The van der Waals surface area contributed by atoms with Crippen LogP contribution in [-0.2, 0) is 6.54 Å². The van der Waals surface area contributed by atoms with E-state index < -0.39 is 11.6 Å². The average Bonchev–Trinajstić information content (AvgIpc) is 3.24. The van der Waals surface area contributed by atoms with Gasteiger partial charge in [0.15, 0.2) is 0 Å². The number of ether oxygens (including phenoxy) is 1. The molecule has 0 radical (unpaired) electrons. The smallest absolute Gasteiger partial charge is 0.260 e. The molecule has 6 nitrogen and oxygen atoms in total. The maximum atomic E-state index is 13.9. The molecular formula is C23H24F2N4O2. The predicted molar refractivity (Wildman–Crippen MR) is 113 cm³/mol. The number of carbonyl (C=O) groups is 1. The van der Waals surface area contributed by atoms with E-state index >= 15 is 0 Å². The van der Waals surface area contributed by atoms with Gasteiger partial charge < -0.3 is 10.1 Å². The van der Waals surface area contributed by atoms with E-state index in [1.54, 1.807) is 36.5 Å². The van der Waals surface area contributed by atoms with Crippen LogP contribution in [0.4, 0.5) is 14.6 Å². The van der Waals surface area contributed by atoms with E-state index in [0.717, 1.165) is 12.8 Å². The molecule has 1 aliphatic rings. The second-order valence-corrected chi connectivity index (χ2v) is 7.52. The standard InChI is InChI=1S/C23H24F2N4O2/c1-31-21-8-3-2-5-17(21)23(30)27-22-9-12-26-29(22)16-10-13-28(14-11-16)15-18-19(24)6-4-7-20(18)25/h2-9,12,16H,10-11,13-15H2,1H3,(H,27,30). The Kier molecular flexibility index (Phi) is 6.27. The van der Waals surface area contributed by atoms with Gasteiger partial charge in [0.2, 0.25) is 0 Å². The van der Waals surface area contributed by atoms with E-state index in [-0.39, 0.29) is 24.1 Å². The van der Waals surface area contributed by atoms with Crippen LogP contribution in [0.3, 0.4) is 0 Å². The highest BCUT2D eigenvalue weighted by atomic mass is 19.1. The van der Waals surface area contributed by atoms with Crippen LogP contribution in [0.15, 0.2) is 54.7 Å². The van der Waals surface area contributed by atoms with Crippen LogP contribution in [0.1, 0.15) is 34.8 Å². The molecule has 162 valence electrons. The van der Waals surface area contributed by atoms with Gasteiger partial charge in [-0.15, -0.1) is 0 Å². The largest absolute Gasteiger partial charge is 0.496 e. The number of benzene rings is 2. The summed E-state index contributed by atoms with van der Waals surface area (Å²) >= 11 is 0. The third-order valence-electron chi connectivity index (χ3n) is 5.61. The van der Waals surface area contributed by atoms with Gasteiger partial charge in [0.05, 0.1) is 24.9 Å². The van der Waals surface area contributed by atoms with Crippen molar-refractivity contribution >= 4 is 11.7 Å². The molecule has 2 heterocycles. The fourth-order valence-corrected chi connectivity index (χ4v) is 3.95. The summed E-state index contributed by atoms with van der Waals surface area (Å²) in [6, 6.07) is 12.8. The zero-order chi connectivity index (χ0) is 21.8. The molecule has 1 aromatic heterocycles. The number of likely N-dealkylation sites (tertiary alicyclic amines) is 1. The lowest BCUT2D eigenvalue weighted by Crippen LogP contribution is -2.35. The van der Waals surface area contributed by atoms with Gasteiger partial charge in [-0.05, 0) is 37.1 Å². The molecule has 31 heavy (non-hydrogen) atoms. The highest BCUT2D eigenvalue weighted by Crippen LogP contribution is 2.28. The van der Waals surface area contributed by atoms with Crippen LogP contribution >= 0.6 is 0 Å². The summed E-state index contributed by atoms with van der Waals surface area (Å²) in [5.74, 6) is -0.202. The summed E-state index contributed by atoms with van der Waals surface area (Å²) < 4.78 is 35.0. The monoisotopic (exact) mass is 426 g/mol. The van der Waals surface area contributed by atoms with Crippen LogP contribution in [0, 0.1) is 11.6 Å². The molecule has 1 fully saturated rings. The number of amides is 1. The summed E-state index contributed by atoms with van der Waals surface area (Å²) in [7, 11) is 1.53. The Morgan fingerprint density at radius 3 is 2.52 bits per heavy atom. The average molecular weight is 426 g/mol. The zero-order valence-corrected chi connectivity index (χ0v) is 17.2. The van der Waals surface area contributed by atoms with Crippen molar-refractivity contribution < 1.29 is 18.3 Å². The van der Waals surface area contributed by atoms with E-state index in [9.17, 15) is 13.6 Å². The lowest BCUT2D eigenvalue weighted by Gasteiger charge is -2.32. The molecule has 3 aromatic rings. The van der Waals surface area contributed by atoms with Gasteiger partial charge in [-0.1, -0.05) is 18.2 Å². The predicted octanol–water partition coefficient (Wildman–Crippen LogP) is 4.26. The Labute approximate surface area is 179 Å². The van der Waals surface area contributed by atoms with Crippen molar-refractivity contribution in [2.45, 2.75) is 25.4 Å². The lowest BCUT2D eigenvalue weighted by molar-refractivity contribution is 0.102. The number of halogens is 2. The van der Waals surface area contributed by atoms with Gasteiger partial charge in [0, 0.05) is 31.3 Å². The van der Waals surface area contributed by atoms with Gasteiger partial charge in [-0.2, -0.15) is 5.10 Å². The number of rotatable bonds is 6. The molecule has 4 rings (SSSR count). The van der Waals surface area contributed by atoms with Crippen molar-refractivity contribution in [2.75, 3.05) is 25.5 Å². The van der Waals surface area contributed by atoms with E-state index in [0.29, 0.717) is 30.2 Å². The van der Waals surface area contributed by atoms with E-state index in [4.69, 9.17) is 4.74 Å². The van der Waals surface area contributed by atoms with Crippen molar-refractivity contribution in [3.63, 3.8) is 0 Å². The molecule has 1 aliphatic heterocycles. The summed E-state index contributed by atoms with van der Waals surface area (Å²) in [6.07, 6.45) is 3.17. The molecule has 0 spiro atoms. The Morgan fingerprint density at radius 1 is 1.10 bits per heavy atom. The van der Waals surface area contributed by atoms with Crippen molar-refractivity contribution in [3.05, 3.63) is 77.5 Å². The first-order chi connectivity index (χ1) is 15.1. The minimum Gasteiger partial charge on any atom is -0.496 e. The molecule has 1 amide bonds. The minimum atomic E-state index is -0.518. The van der Waals surface area contributed by atoms with Gasteiger partial charge in [-0.3, -0.25) is 9.69 Å². The number of methoxy groups -OCH3 is 1. The van der Waals surface area contributed by atoms with Gasteiger partial charge in [0.25, 0.3) is 5.91 Å². The molecule has 0 atom stereocenters. The number of hydrogen-bond acceptors (Lipinski definition) is 4. The second-order valence-electron chi connectivity index (χ2n) is 7.52. The van der Waals surface area contributed by atoms with E-state index in [1.807, 2.05) is 9.58 Å². The quantitative estimate of drug-likeness (QED) is 0.640. The molecule has 0 unspecified atom stereocenters. The van der Waals surface area contributed by atoms with Crippen molar-refractivity contribution in [3.8, 4) is 5.75 Å². The maximum Gasteiger partial charge on any atom is 0.260 e. The lowest BCUT2D eigenvalue weighted by atomic mass is 10.0. The van der Waals surface area contributed by atoms with Crippen LogP contribution in [0.25, 0.3) is 0 Å².